The third-order valence-corrected chi connectivity index (χ3v) is 2.39. The van der Waals surface area contributed by atoms with Crippen molar-refractivity contribution < 1.29 is 4.39 Å². The zero-order chi connectivity index (χ0) is 10.8. The van der Waals surface area contributed by atoms with E-state index in [4.69, 9.17) is 11.6 Å². The van der Waals surface area contributed by atoms with Crippen molar-refractivity contribution in [3.8, 4) is 11.3 Å². The van der Waals surface area contributed by atoms with E-state index < -0.39 is 0 Å². The smallest absolute Gasteiger partial charge is 0.129 e. The third-order valence-electron chi connectivity index (χ3n) is 2.18. The fourth-order valence-corrected chi connectivity index (χ4v) is 1.64. The molecule has 0 radical (unpaired) electrons. The minimum Gasteiger partial charge on any atom is -0.236 e. The van der Waals surface area contributed by atoms with E-state index in [1.165, 1.54) is 12.1 Å². The molecule has 2 aromatic rings. The summed E-state index contributed by atoms with van der Waals surface area (Å²) in [6, 6.07) is 10.0. The molecular formula is C12H9ClFN. The highest BCUT2D eigenvalue weighted by Crippen LogP contribution is 2.23. The molecule has 0 saturated heterocycles. The summed E-state index contributed by atoms with van der Waals surface area (Å²) < 4.78 is 12.9. The number of benzene rings is 1. The van der Waals surface area contributed by atoms with Crippen molar-refractivity contribution in [3.05, 3.63) is 52.9 Å². The van der Waals surface area contributed by atoms with Gasteiger partial charge in [0.2, 0.25) is 0 Å². The molecule has 0 aliphatic carbocycles. The molecule has 1 aromatic carbocycles. The molecule has 3 heteroatoms. The molecule has 2 rings (SSSR count). The van der Waals surface area contributed by atoms with Crippen molar-refractivity contribution in [2.75, 3.05) is 0 Å². The lowest BCUT2D eigenvalue weighted by Gasteiger charge is -2.05. The standard InChI is InChI=1S/C12H9ClFN/c1-8-7-9(14)5-6-10(8)11-3-2-4-12(13)15-11/h2-7H,1H3. The van der Waals surface area contributed by atoms with Crippen molar-refractivity contribution in [2.24, 2.45) is 0 Å². The lowest BCUT2D eigenvalue weighted by atomic mass is 10.1. The fraction of sp³-hybridized carbons (Fsp3) is 0.0833. The first-order valence-electron chi connectivity index (χ1n) is 4.56. The molecule has 0 bridgehead atoms. The number of halogens is 2. The van der Waals surface area contributed by atoms with Gasteiger partial charge in [0.15, 0.2) is 0 Å². The molecular weight excluding hydrogens is 213 g/mol. The molecule has 1 heterocycles. The summed E-state index contributed by atoms with van der Waals surface area (Å²) in [7, 11) is 0. The first-order valence-corrected chi connectivity index (χ1v) is 4.94. The average molecular weight is 222 g/mol. The van der Waals surface area contributed by atoms with Crippen LogP contribution in [0.1, 0.15) is 5.56 Å². The Hall–Kier alpha value is -1.41. The Bertz CT molecular complexity index is 497. The molecule has 0 unspecified atom stereocenters. The fourth-order valence-electron chi connectivity index (χ4n) is 1.47. The van der Waals surface area contributed by atoms with Gasteiger partial charge in [-0.2, -0.15) is 0 Å². The molecule has 1 aromatic heterocycles. The van der Waals surface area contributed by atoms with Gasteiger partial charge >= 0.3 is 0 Å². The lowest BCUT2D eigenvalue weighted by Crippen LogP contribution is -1.88. The van der Waals surface area contributed by atoms with Gasteiger partial charge in [-0.25, -0.2) is 9.37 Å². The molecule has 0 N–H and O–H groups in total. The molecule has 15 heavy (non-hydrogen) atoms. The highest BCUT2D eigenvalue weighted by atomic mass is 35.5. The second-order valence-electron chi connectivity index (χ2n) is 3.30. The van der Waals surface area contributed by atoms with Gasteiger partial charge in [0.05, 0.1) is 5.69 Å². The van der Waals surface area contributed by atoms with Gasteiger partial charge in [-0.1, -0.05) is 17.7 Å². The Labute approximate surface area is 92.5 Å². The van der Waals surface area contributed by atoms with Gasteiger partial charge in [-0.05, 0) is 42.8 Å². The largest absolute Gasteiger partial charge is 0.236 e. The second-order valence-corrected chi connectivity index (χ2v) is 3.69. The minimum atomic E-state index is -0.238. The van der Waals surface area contributed by atoms with E-state index in [1.54, 1.807) is 12.1 Å². The van der Waals surface area contributed by atoms with Gasteiger partial charge in [0.25, 0.3) is 0 Å². The van der Waals surface area contributed by atoms with E-state index in [2.05, 4.69) is 4.98 Å². The number of hydrogen-bond donors (Lipinski definition) is 0. The third kappa shape index (κ3) is 2.16. The molecule has 0 atom stereocenters. The Morgan fingerprint density at radius 2 is 2.00 bits per heavy atom. The van der Waals surface area contributed by atoms with Crippen LogP contribution in [0.2, 0.25) is 5.15 Å². The van der Waals surface area contributed by atoms with Crippen molar-refractivity contribution in [1.29, 1.82) is 0 Å². The summed E-state index contributed by atoms with van der Waals surface area (Å²) in [5, 5.41) is 0.441. The van der Waals surface area contributed by atoms with Crippen molar-refractivity contribution >= 4 is 11.6 Å². The molecule has 76 valence electrons. The quantitative estimate of drug-likeness (QED) is 0.667. The lowest BCUT2D eigenvalue weighted by molar-refractivity contribution is 0.627. The predicted molar refractivity (Wildman–Crippen MR) is 59.4 cm³/mol. The van der Waals surface area contributed by atoms with Crippen molar-refractivity contribution in [2.45, 2.75) is 6.92 Å². The van der Waals surface area contributed by atoms with Gasteiger partial charge < -0.3 is 0 Å². The van der Waals surface area contributed by atoms with Crippen LogP contribution in [0.4, 0.5) is 4.39 Å². The molecule has 0 spiro atoms. The topological polar surface area (TPSA) is 12.9 Å². The SMILES string of the molecule is Cc1cc(F)ccc1-c1cccc(Cl)n1. The van der Waals surface area contributed by atoms with Crippen LogP contribution >= 0.6 is 11.6 Å². The Kier molecular flexibility index (Phi) is 2.69. The molecule has 0 saturated carbocycles. The maximum atomic E-state index is 12.9. The second kappa shape index (κ2) is 3.99. The highest BCUT2D eigenvalue weighted by Gasteiger charge is 2.04. The van der Waals surface area contributed by atoms with Gasteiger partial charge in [-0.3, -0.25) is 0 Å². The van der Waals surface area contributed by atoms with Crippen molar-refractivity contribution in [3.63, 3.8) is 0 Å². The summed E-state index contributed by atoms with van der Waals surface area (Å²) in [6.07, 6.45) is 0. The first-order chi connectivity index (χ1) is 7.16. The van der Waals surface area contributed by atoms with E-state index >= 15 is 0 Å². The zero-order valence-electron chi connectivity index (χ0n) is 8.17. The molecule has 1 nitrogen and oxygen atoms in total. The van der Waals surface area contributed by atoms with Crippen LogP contribution in [-0.4, -0.2) is 4.98 Å². The molecule has 0 amide bonds. The van der Waals surface area contributed by atoms with E-state index in [-0.39, 0.29) is 5.82 Å². The zero-order valence-corrected chi connectivity index (χ0v) is 8.92. The monoisotopic (exact) mass is 221 g/mol. The summed E-state index contributed by atoms with van der Waals surface area (Å²) in [5.41, 5.74) is 2.52. The van der Waals surface area contributed by atoms with E-state index in [0.717, 1.165) is 16.8 Å². The van der Waals surface area contributed by atoms with E-state index in [1.807, 2.05) is 19.1 Å². The van der Waals surface area contributed by atoms with E-state index in [0.29, 0.717) is 5.15 Å². The van der Waals surface area contributed by atoms with Gasteiger partial charge in [0, 0.05) is 5.56 Å². The Morgan fingerprint density at radius 3 is 2.67 bits per heavy atom. The van der Waals surface area contributed by atoms with Crippen LogP contribution in [0.5, 0.6) is 0 Å². The summed E-state index contributed by atoms with van der Waals surface area (Å²) in [4.78, 5) is 4.18. The number of aromatic nitrogens is 1. The van der Waals surface area contributed by atoms with E-state index in [9.17, 15) is 4.39 Å². The van der Waals surface area contributed by atoms with Crippen LogP contribution in [0.25, 0.3) is 11.3 Å². The first kappa shape index (κ1) is 10.1. The molecule has 0 aliphatic rings. The molecule has 0 aliphatic heterocycles. The number of rotatable bonds is 1. The number of nitrogens with zero attached hydrogens (tertiary/aromatic N) is 1. The summed E-state index contributed by atoms with van der Waals surface area (Å²) >= 11 is 5.79. The average Bonchev–Trinajstić information content (AvgIpc) is 2.17. The minimum absolute atomic E-state index is 0.238. The van der Waals surface area contributed by atoms with Crippen LogP contribution in [-0.2, 0) is 0 Å². The van der Waals surface area contributed by atoms with Crippen LogP contribution in [0.3, 0.4) is 0 Å². The van der Waals surface area contributed by atoms with Crippen LogP contribution in [0.15, 0.2) is 36.4 Å². The predicted octanol–water partition coefficient (Wildman–Crippen LogP) is 3.85. The number of pyridine rings is 1. The summed E-state index contributed by atoms with van der Waals surface area (Å²) in [5.74, 6) is -0.238. The maximum absolute atomic E-state index is 12.9. The maximum Gasteiger partial charge on any atom is 0.129 e. The van der Waals surface area contributed by atoms with Crippen molar-refractivity contribution in [1.82, 2.24) is 4.98 Å². The van der Waals surface area contributed by atoms with Crippen LogP contribution < -0.4 is 0 Å². The normalized spacial score (nSPS) is 10.3. The Morgan fingerprint density at radius 1 is 1.20 bits per heavy atom. The number of aryl methyl sites for hydroxylation is 1. The summed E-state index contributed by atoms with van der Waals surface area (Å²) in [6.45, 7) is 1.85. The van der Waals surface area contributed by atoms with Crippen LogP contribution in [0, 0.1) is 12.7 Å². The highest BCUT2D eigenvalue weighted by molar-refractivity contribution is 6.29. The Balaban J connectivity index is 2.54. The molecule has 0 fully saturated rings. The van der Waals surface area contributed by atoms with Gasteiger partial charge in [0.1, 0.15) is 11.0 Å². The van der Waals surface area contributed by atoms with Gasteiger partial charge in [-0.15, -0.1) is 0 Å². The number of hydrogen-bond acceptors (Lipinski definition) is 1.